The molecule has 2 aliphatic heterocycles. The second-order valence-electron chi connectivity index (χ2n) is 6.81. The fourth-order valence-electron chi connectivity index (χ4n) is 3.66. The highest BCUT2D eigenvalue weighted by atomic mass is 79.9. The van der Waals surface area contributed by atoms with Gasteiger partial charge in [-0.1, -0.05) is 28.1 Å². The molecule has 26 heavy (non-hydrogen) atoms. The first kappa shape index (κ1) is 17.2. The molecule has 134 valence electrons. The van der Waals surface area contributed by atoms with Gasteiger partial charge in [0.05, 0.1) is 6.42 Å². The van der Waals surface area contributed by atoms with Gasteiger partial charge in [0.15, 0.2) is 0 Å². The van der Waals surface area contributed by atoms with Crippen molar-refractivity contribution < 1.29 is 14.0 Å². The quantitative estimate of drug-likeness (QED) is 0.812. The van der Waals surface area contributed by atoms with Crippen LogP contribution in [-0.4, -0.2) is 23.3 Å². The van der Waals surface area contributed by atoms with Crippen LogP contribution in [0.2, 0.25) is 0 Å². The van der Waals surface area contributed by atoms with Gasteiger partial charge in [-0.05, 0) is 53.3 Å². The van der Waals surface area contributed by atoms with Gasteiger partial charge in [-0.2, -0.15) is 0 Å². The fraction of sp³-hybridized carbons (Fsp3) is 0.300. The molecule has 0 aliphatic carbocycles. The van der Waals surface area contributed by atoms with Crippen molar-refractivity contribution in [3.05, 3.63) is 62.9 Å². The summed E-state index contributed by atoms with van der Waals surface area (Å²) in [7, 11) is 0. The molecule has 2 aromatic rings. The van der Waals surface area contributed by atoms with Gasteiger partial charge in [0.2, 0.25) is 11.8 Å². The van der Waals surface area contributed by atoms with Crippen molar-refractivity contribution in [3.8, 4) is 0 Å². The molecule has 0 aromatic heterocycles. The smallest absolute Gasteiger partial charge is 0.227 e. The predicted molar refractivity (Wildman–Crippen MR) is 100 cm³/mol. The van der Waals surface area contributed by atoms with Crippen LogP contribution in [0.1, 0.15) is 28.7 Å². The van der Waals surface area contributed by atoms with E-state index >= 15 is 0 Å². The van der Waals surface area contributed by atoms with Crippen molar-refractivity contribution in [3.63, 3.8) is 0 Å². The number of nitrogens with one attached hydrogen (secondary N) is 1. The molecule has 0 spiro atoms. The van der Waals surface area contributed by atoms with Crippen LogP contribution in [0, 0.1) is 5.82 Å². The van der Waals surface area contributed by atoms with Gasteiger partial charge in [0.25, 0.3) is 0 Å². The van der Waals surface area contributed by atoms with Gasteiger partial charge in [-0.25, -0.2) is 4.39 Å². The SMILES string of the molecule is O=C1CCc2cc(CC(=O)N3CCc4c(F)cc(Br)cc4C3)ccc2N1. The number of halogens is 2. The molecule has 2 heterocycles. The number of carbonyl (C=O) groups excluding carboxylic acids is 2. The van der Waals surface area contributed by atoms with Crippen LogP contribution < -0.4 is 5.32 Å². The van der Waals surface area contributed by atoms with E-state index in [1.807, 2.05) is 24.3 Å². The third-order valence-corrected chi connectivity index (χ3v) is 5.48. The number of carbonyl (C=O) groups is 2. The average Bonchev–Trinajstić information content (AvgIpc) is 2.61. The van der Waals surface area contributed by atoms with Crippen LogP contribution >= 0.6 is 15.9 Å². The maximum Gasteiger partial charge on any atom is 0.227 e. The molecular formula is C20H18BrFN2O2. The minimum atomic E-state index is -0.210. The first-order chi connectivity index (χ1) is 12.5. The van der Waals surface area contributed by atoms with E-state index in [-0.39, 0.29) is 17.6 Å². The summed E-state index contributed by atoms with van der Waals surface area (Å²) in [6.45, 7) is 0.969. The Kier molecular flexibility index (Phi) is 4.53. The molecule has 4 nitrogen and oxygen atoms in total. The molecule has 2 aliphatic rings. The number of rotatable bonds is 2. The Balaban J connectivity index is 1.48. The van der Waals surface area contributed by atoms with Crippen LogP contribution in [0.4, 0.5) is 10.1 Å². The van der Waals surface area contributed by atoms with Crippen LogP contribution in [0.5, 0.6) is 0 Å². The van der Waals surface area contributed by atoms with Crippen LogP contribution in [0.15, 0.2) is 34.8 Å². The zero-order valence-corrected chi connectivity index (χ0v) is 15.7. The zero-order chi connectivity index (χ0) is 18.3. The van der Waals surface area contributed by atoms with E-state index in [4.69, 9.17) is 0 Å². The maximum atomic E-state index is 14.0. The average molecular weight is 417 g/mol. The summed E-state index contributed by atoms with van der Waals surface area (Å²) in [5, 5.41) is 2.85. The van der Waals surface area contributed by atoms with E-state index in [0.29, 0.717) is 48.8 Å². The number of amides is 2. The third-order valence-electron chi connectivity index (χ3n) is 5.02. The molecular weight excluding hydrogens is 399 g/mol. The Morgan fingerprint density at radius 3 is 2.85 bits per heavy atom. The Labute approximate surface area is 159 Å². The minimum absolute atomic E-state index is 0.0340. The summed E-state index contributed by atoms with van der Waals surface area (Å²) < 4.78 is 14.7. The molecule has 4 rings (SSSR count). The van der Waals surface area contributed by atoms with Crippen LogP contribution in [-0.2, 0) is 35.4 Å². The summed E-state index contributed by atoms with van der Waals surface area (Å²) in [4.78, 5) is 25.9. The molecule has 6 heteroatoms. The van der Waals surface area contributed by atoms with Crippen molar-refractivity contribution in [2.24, 2.45) is 0 Å². The number of benzene rings is 2. The van der Waals surface area contributed by atoms with Crippen molar-refractivity contribution in [1.82, 2.24) is 4.90 Å². The molecule has 0 radical (unpaired) electrons. The summed E-state index contributed by atoms with van der Waals surface area (Å²) in [5.74, 6) is -0.138. The molecule has 1 N–H and O–H groups in total. The number of hydrogen-bond acceptors (Lipinski definition) is 2. The van der Waals surface area contributed by atoms with E-state index < -0.39 is 0 Å². The van der Waals surface area contributed by atoms with E-state index in [0.717, 1.165) is 22.4 Å². The molecule has 0 fully saturated rings. The number of anilines is 1. The van der Waals surface area contributed by atoms with E-state index in [1.54, 1.807) is 4.90 Å². The Morgan fingerprint density at radius 2 is 2.00 bits per heavy atom. The Hall–Kier alpha value is -2.21. The van der Waals surface area contributed by atoms with Gasteiger partial charge in [-0.3, -0.25) is 9.59 Å². The highest BCUT2D eigenvalue weighted by Crippen LogP contribution is 2.27. The zero-order valence-electron chi connectivity index (χ0n) is 14.1. The lowest BCUT2D eigenvalue weighted by Gasteiger charge is -2.29. The largest absolute Gasteiger partial charge is 0.338 e. The highest BCUT2D eigenvalue weighted by Gasteiger charge is 2.24. The number of hydrogen-bond donors (Lipinski definition) is 1. The second kappa shape index (κ2) is 6.83. The normalized spacial score (nSPS) is 15.9. The lowest BCUT2D eigenvalue weighted by molar-refractivity contribution is -0.131. The summed E-state index contributed by atoms with van der Waals surface area (Å²) in [6, 6.07) is 9.12. The topological polar surface area (TPSA) is 49.4 Å². The lowest BCUT2D eigenvalue weighted by Crippen LogP contribution is -2.37. The molecule has 2 amide bonds. The minimum Gasteiger partial charge on any atom is -0.338 e. The summed E-state index contributed by atoms with van der Waals surface area (Å²) in [6.07, 6.45) is 2.03. The first-order valence-corrected chi connectivity index (χ1v) is 9.45. The summed E-state index contributed by atoms with van der Waals surface area (Å²) in [5.41, 5.74) is 4.43. The van der Waals surface area contributed by atoms with E-state index in [1.165, 1.54) is 6.07 Å². The summed E-state index contributed by atoms with van der Waals surface area (Å²) >= 11 is 3.32. The number of nitrogens with zero attached hydrogens (tertiary/aromatic N) is 1. The van der Waals surface area contributed by atoms with Crippen LogP contribution in [0.3, 0.4) is 0 Å². The molecule has 0 saturated heterocycles. The maximum absolute atomic E-state index is 14.0. The molecule has 0 unspecified atom stereocenters. The van der Waals surface area contributed by atoms with Crippen molar-refractivity contribution in [2.75, 3.05) is 11.9 Å². The van der Waals surface area contributed by atoms with Crippen molar-refractivity contribution >= 4 is 33.4 Å². The van der Waals surface area contributed by atoms with E-state index in [2.05, 4.69) is 21.2 Å². The van der Waals surface area contributed by atoms with Gasteiger partial charge >= 0.3 is 0 Å². The van der Waals surface area contributed by atoms with Gasteiger partial charge in [0, 0.05) is 29.7 Å². The Morgan fingerprint density at radius 1 is 1.15 bits per heavy atom. The Bertz CT molecular complexity index is 913. The third kappa shape index (κ3) is 3.38. The number of fused-ring (bicyclic) bond motifs is 2. The monoisotopic (exact) mass is 416 g/mol. The highest BCUT2D eigenvalue weighted by molar-refractivity contribution is 9.10. The standard InChI is InChI=1S/C20H18BrFN2O2/c21-15-9-14-11-24(6-5-16(14)17(22)10-15)20(26)8-12-1-3-18-13(7-12)2-4-19(25)23-18/h1,3,7,9-10H,2,4-6,8,11H2,(H,23,25). The van der Waals surface area contributed by atoms with Crippen molar-refractivity contribution in [1.29, 1.82) is 0 Å². The first-order valence-electron chi connectivity index (χ1n) is 8.66. The molecule has 0 atom stereocenters. The van der Waals surface area contributed by atoms with Crippen LogP contribution in [0.25, 0.3) is 0 Å². The molecule has 0 saturated carbocycles. The molecule has 0 bridgehead atoms. The number of aryl methyl sites for hydroxylation is 1. The van der Waals surface area contributed by atoms with Gasteiger partial charge < -0.3 is 10.2 Å². The van der Waals surface area contributed by atoms with Gasteiger partial charge in [0.1, 0.15) is 5.82 Å². The van der Waals surface area contributed by atoms with Crippen molar-refractivity contribution in [2.45, 2.75) is 32.2 Å². The second-order valence-corrected chi connectivity index (χ2v) is 7.72. The fourth-order valence-corrected chi connectivity index (χ4v) is 4.13. The van der Waals surface area contributed by atoms with Gasteiger partial charge in [-0.15, -0.1) is 0 Å². The predicted octanol–water partition coefficient (Wildman–Crippen LogP) is 3.60. The molecule has 2 aromatic carbocycles. The van der Waals surface area contributed by atoms with E-state index in [9.17, 15) is 14.0 Å². The lowest BCUT2D eigenvalue weighted by atomic mass is 9.97.